The number of benzene rings is 2. The monoisotopic (exact) mass is 498 g/mol. The number of alkyl halides is 3. The van der Waals surface area contributed by atoms with Crippen LogP contribution in [0.1, 0.15) is 56.1 Å². The van der Waals surface area contributed by atoms with Crippen LogP contribution >= 0.6 is 0 Å². The zero-order chi connectivity index (χ0) is 26.0. The Bertz CT molecular complexity index is 1410. The lowest BCUT2D eigenvalue weighted by Crippen LogP contribution is -2.29. The number of halogens is 4. The Morgan fingerprint density at radius 3 is 2.25 bits per heavy atom. The largest absolute Gasteiger partial charge is 0.478 e. The predicted octanol–water partition coefficient (Wildman–Crippen LogP) is 5.92. The number of nitrogens with one attached hydrogen (secondary N) is 1. The second-order valence-corrected chi connectivity index (χ2v) is 8.55. The van der Waals surface area contributed by atoms with Crippen LogP contribution in [0.15, 0.2) is 72.8 Å². The summed E-state index contributed by atoms with van der Waals surface area (Å²) in [6.45, 7) is 2.09. The molecule has 0 aliphatic rings. The Labute approximate surface area is 204 Å². The molecule has 0 fully saturated rings. The molecule has 2 aromatic heterocycles. The van der Waals surface area contributed by atoms with Crippen LogP contribution in [0.5, 0.6) is 0 Å². The molecular formula is C27H22F4N2O3. The fraction of sp³-hybridized carbons (Fsp3) is 0.185. The van der Waals surface area contributed by atoms with Crippen LogP contribution in [0.3, 0.4) is 0 Å². The number of rotatable bonds is 7. The average Bonchev–Trinajstić information content (AvgIpc) is 3.23. The predicted molar refractivity (Wildman–Crippen MR) is 126 cm³/mol. The normalized spacial score (nSPS) is 12.5. The molecule has 1 unspecified atom stereocenters. The highest BCUT2D eigenvalue weighted by molar-refractivity contribution is 5.93. The number of nitrogens with zero attached hydrogens (tertiary/aromatic N) is 1. The number of carboxylic acid groups (broad SMARTS) is 1. The number of carbonyl (C=O) groups excluding carboxylic acids is 1. The zero-order valence-electron chi connectivity index (χ0n) is 19.1. The third-order valence-corrected chi connectivity index (χ3v) is 5.99. The Morgan fingerprint density at radius 2 is 1.64 bits per heavy atom. The van der Waals surface area contributed by atoms with Crippen molar-refractivity contribution < 1.29 is 32.3 Å². The molecule has 0 bridgehead atoms. The maximum Gasteiger partial charge on any atom is 0.416 e. The summed E-state index contributed by atoms with van der Waals surface area (Å²) >= 11 is 0. The maximum atomic E-state index is 14.3. The molecule has 1 amide bonds. The van der Waals surface area contributed by atoms with Crippen LogP contribution in [-0.4, -0.2) is 27.9 Å². The van der Waals surface area contributed by atoms with Crippen molar-refractivity contribution in [3.8, 4) is 0 Å². The third kappa shape index (κ3) is 5.40. The first kappa shape index (κ1) is 25.0. The van der Waals surface area contributed by atoms with Gasteiger partial charge in [0.05, 0.1) is 11.1 Å². The number of aromatic nitrogens is 1. The van der Waals surface area contributed by atoms with E-state index < -0.39 is 29.4 Å². The SMILES string of the molecule is CC(CNC(=O)c1cc(F)cc2ccc(Cc3ccc(C(F)(F)F)cc3)n12)c1ccc(C(=O)O)cc1. The van der Waals surface area contributed by atoms with Crippen LogP contribution in [0, 0.1) is 5.82 Å². The smallest absolute Gasteiger partial charge is 0.416 e. The minimum atomic E-state index is -4.43. The maximum absolute atomic E-state index is 14.3. The molecule has 2 N–H and O–H groups in total. The molecule has 36 heavy (non-hydrogen) atoms. The van der Waals surface area contributed by atoms with E-state index in [1.54, 1.807) is 28.7 Å². The first-order chi connectivity index (χ1) is 17.0. The second-order valence-electron chi connectivity index (χ2n) is 8.55. The summed E-state index contributed by atoms with van der Waals surface area (Å²) in [5.41, 5.74) is 1.97. The molecule has 4 aromatic rings. The first-order valence-electron chi connectivity index (χ1n) is 11.1. The lowest BCUT2D eigenvalue weighted by atomic mass is 10.00. The van der Waals surface area contributed by atoms with Gasteiger partial charge >= 0.3 is 12.1 Å². The van der Waals surface area contributed by atoms with E-state index in [2.05, 4.69) is 5.32 Å². The number of hydrogen-bond acceptors (Lipinski definition) is 2. The molecule has 5 nitrogen and oxygen atoms in total. The van der Waals surface area contributed by atoms with Crippen molar-refractivity contribution in [2.45, 2.75) is 25.4 Å². The molecule has 9 heteroatoms. The Morgan fingerprint density at radius 1 is 0.972 bits per heavy atom. The van der Waals surface area contributed by atoms with Crippen LogP contribution in [0.25, 0.3) is 5.52 Å². The van der Waals surface area contributed by atoms with Crippen LogP contribution in [-0.2, 0) is 12.6 Å². The summed E-state index contributed by atoms with van der Waals surface area (Å²) in [7, 11) is 0. The van der Waals surface area contributed by atoms with Crippen molar-refractivity contribution in [1.29, 1.82) is 0 Å². The molecule has 0 spiro atoms. The highest BCUT2D eigenvalue weighted by Crippen LogP contribution is 2.29. The fourth-order valence-electron chi connectivity index (χ4n) is 4.02. The molecule has 2 aromatic carbocycles. The number of fused-ring (bicyclic) bond motifs is 1. The van der Waals surface area contributed by atoms with Crippen molar-refractivity contribution >= 4 is 17.4 Å². The zero-order valence-corrected chi connectivity index (χ0v) is 19.1. The second kappa shape index (κ2) is 9.85. The van der Waals surface area contributed by atoms with Crippen molar-refractivity contribution in [2.75, 3.05) is 6.54 Å². The van der Waals surface area contributed by atoms with E-state index in [-0.39, 0.29) is 30.1 Å². The standard InChI is InChI=1S/C27H22F4N2O3/c1-16(18-4-6-19(7-5-18)26(35)36)15-32-25(34)24-14-21(28)13-23-11-10-22(33(23)24)12-17-2-8-20(9-3-17)27(29,30)31/h2-11,13-14,16H,12,15H2,1H3,(H,32,34)(H,35,36). The molecule has 0 saturated carbocycles. The van der Waals surface area contributed by atoms with Gasteiger partial charge in [0.1, 0.15) is 11.5 Å². The number of carbonyl (C=O) groups is 2. The fourth-order valence-corrected chi connectivity index (χ4v) is 4.02. The van der Waals surface area contributed by atoms with Crippen molar-refractivity contribution in [3.05, 3.63) is 112 Å². The summed E-state index contributed by atoms with van der Waals surface area (Å²) in [5.74, 6) is -2.28. The summed E-state index contributed by atoms with van der Waals surface area (Å²) in [4.78, 5) is 24.1. The molecular weight excluding hydrogens is 476 g/mol. The first-order valence-corrected chi connectivity index (χ1v) is 11.1. The highest BCUT2D eigenvalue weighted by Gasteiger charge is 2.30. The Hall–Kier alpha value is -4.14. The van der Waals surface area contributed by atoms with E-state index in [0.29, 0.717) is 16.8 Å². The van der Waals surface area contributed by atoms with Crippen molar-refractivity contribution in [1.82, 2.24) is 9.72 Å². The number of carboxylic acids is 1. The number of aromatic carboxylic acids is 1. The summed E-state index contributed by atoms with van der Waals surface area (Å²) in [5, 5.41) is 11.8. The third-order valence-electron chi connectivity index (χ3n) is 5.99. The molecule has 1 atom stereocenters. The summed E-state index contributed by atoms with van der Waals surface area (Å²) in [6.07, 6.45) is -4.19. The number of hydrogen-bond donors (Lipinski definition) is 2. The van der Waals surface area contributed by atoms with Gasteiger partial charge in [-0.2, -0.15) is 13.2 Å². The van der Waals surface area contributed by atoms with Gasteiger partial charge in [-0.15, -0.1) is 0 Å². The lowest BCUT2D eigenvalue weighted by molar-refractivity contribution is -0.137. The van der Waals surface area contributed by atoms with Gasteiger partial charge < -0.3 is 14.8 Å². The topological polar surface area (TPSA) is 70.8 Å². The quantitative estimate of drug-likeness (QED) is 0.311. The van der Waals surface area contributed by atoms with Crippen LogP contribution in [0.2, 0.25) is 0 Å². The van der Waals surface area contributed by atoms with Crippen molar-refractivity contribution in [3.63, 3.8) is 0 Å². The average molecular weight is 498 g/mol. The molecule has 0 saturated heterocycles. The Kier molecular flexibility index (Phi) is 6.83. The molecule has 0 aliphatic heterocycles. The molecule has 0 aliphatic carbocycles. The van der Waals surface area contributed by atoms with E-state index >= 15 is 0 Å². The molecule has 4 rings (SSSR count). The van der Waals surface area contributed by atoms with Gasteiger partial charge in [-0.25, -0.2) is 9.18 Å². The van der Waals surface area contributed by atoms with Gasteiger partial charge in [-0.3, -0.25) is 4.79 Å². The highest BCUT2D eigenvalue weighted by atomic mass is 19.4. The molecule has 186 valence electrons. The van der Waals surface area contributed by atoms with Gasteiger partial charge in [0.15, 0.2) is 0 Å². The Balaban J connectivity index is 1.54. The van der Waals surface area contributed by atoms with Gasteiger partial charge in [-0.05, 0) is 59.5 Å². The van der Waals surface area contributed by atoms with Gasteiger partial charge in [0.2, 0.25) is 0 Å². The number of pyridine rings is 1. The van der Waals surface area contributed by atoms with E-state index in [4.69, 9.17) is 5.11 Å². The number of amides is 1. The van der Waals surface area contributed by atoms with E-state index in [9.17, 15) is 27.2 Å². The van der Waals surface area contributed by atoms with Crippen LogP contribution < -0.4 is 5.32 Å². The van der Waals surface area contributed by atoms with Gasteiger partial charge in [-0.1, -0.05) is 31.2 Å². The van der Waals surface area contributed by atoms with E-state index in [1.807, 2.05) is 6.92 Å². The van der Waals surface area contributed by atoms with Gasteiger partial charge in [0.25, 0.3) is 5.91 Å². The summed E-state index contributed by atoms with van der Waals surface area (Å²) in [6, 6.07) is 16.8. The van der Waals surface area contributed by atoms with E-state index in [0.717, 1.165) is 23.8 Å². The van der Waals surface area contributed by atoms with Gasteiger partial charge in [0, 0.05) is 30.2 Å². The van der Waals surface area contributed by atoms with Crippen molar-refractivity contribution in [2.24, 2.45) is 0 Å². The van der Waals surface area contributed by atoms with E-state index in [1.165, 1.54) is 30.3 Å². The van der Waals surface area contributed by atoms with Crippen LogP contribution in [0.4, 0.5) is 17.6 Å². The minimum Gasteiger partial charge on any atom is -0.478 e. The molecule has 0 radical (unpaired) electrons. The lowest BCUT2D eigenvalue weighted by Gasteiger charge is -2.15. The minimum absolute atomic E-state index is 0.0605. The molecule has 2 heterocycles. The summed E-state index contributed by atoms with van der Waals surface area (Å²) < 4.78 is 54.4.